The van der Waals surface area contributed by atoms with Crippen molar-refractivity contribution in [1.29, 1.82) is 0 Å². The van der Waals surface area contributed by atoms with Crippen LogP contribution in [0.15, 0.2) is 24.7 Å². The summed E-state index contributed by atoms with van der Waals surface area (Å²) in [4.78, 5) is 25.3. The van der Waals surface area contributed by atoms with Gasteiger partial charge in [-0.1, -0.05) is 0 Å². The molecule has 1 fully saturated rings. The predicted octanol–water partition coefficient (Wildman–Crippen LogP) is 2.40. The van der Waals surface area contributed by atoms with Gasteiger partial charge in [-0.3, -0.25) is 9.48 Å². The van der Waals surface area contributed by atoms with Crippen LogP contribution in [0.1, 0.15) is 34.2 Å². The van der Waals surface area contributed by atoms with E-state index in [2.05, 4.69) is 38.3 Å². The maximum atomic E-state index is 11.7. The first-order chi connectivity index (χ1) is 12.2. The molecule has 25 heavy (non-hydrogen) atoms. The van der Waals surface area contributed by atoms with E-state index in [0.717, 1.165) is 42.0 Å². The third-order valence-electron chi connectivity index (χ3n) is 4.57. The van der Waals surface area contributed by atoms with Crippen LogP contribution in [0.5, 0.6) is 0 Å². The lowest BCUT2D eigenvalue weighted by Crippen LogP contribution is -2.37. The number of carbonyl (C=O) groups excluding carboxylic acids is 1. The molecule has 1 amide bonds. The SMILES string of the molecule is CNC(=O)c1ccn([C@@H]2CCCN(c3ncnc4sc(C)cc34)C2)n1. The Morgan fingerprint density at radius 2 is 2.28 bits per heavy atom. The largest absolute Gasteiger partial charge is 0.354 e. The normalized spacial score (nSPS) is 17.8. The summed E-state index contributed by atoms with van der Waals surface area (Å²) in [6.45, 7) is 3.90. The Hall–Kier alpha value is -2.48. The van der Waals surface area contributed by atoms with Crippen LogP contribution in [0.25, 0.3) is 10.2 Å². The standard InChI is InChI=1S/C17H20N6OS/c1-11-8-13-15(19-10-20-17(13)25-11)22-6-3-4-12(9-22)23-7-5-14(21-23)16(24)18-2/h5,7-8,10,12H,3-4,6,9H2,1-2H3,(H,18,24)/t12-/m1/s1. The van der Waals surface area contributed by atoms with Gasteiger partial charge in [0.15, 0.2) is 0 Å². The Labute approximate surface area is 149 Å². The fourth-order valence-electron chi connectivity index (χ4n) is 3.37. The van der Waals surface area contributed by atoms with Gasteiger partial charge in [-0.2, -0.15) is 5.10 Å². The van der Waals surface area contributed by atoms with Crippen LogP contribution in [0.2, 0.25) is 0 Å². The topological polar surface area (TPSA) is 75.9 Å². The van der Waals surface area contributed by atoms with Crippen LogP contribution in [0, 0.1) is 6.92 Å². The molecule has 130 valence electrons. The average Bonchev–Trinajstić information content (AvgIpc) is 3.26. The fourth-order valence-corrected chi connectivity index (χ4v) is 4.21. The molecule has 0 spiro atoms. The highest BCUT2D eigenvalue weighted by molar-refractivity contribution is 7.18. The van der Waals surface area contributed by atoms with E-state index < -0.39 is 0 Å². The molecule has 3 aromatic rings. The number of thiophene rings is 1. The van der Waals surface area contributed by atoms with Gasteiger partial charge in [-0.15, -0.1) is 11.3 Å². The molecule has 0 aliphatic carbocycles. The van der Waals surface area contributed by atoms with E-state index in [4.69, 9.17) is 0 Å². The monoisotopic (exact) mass is 356 g/mol. The Morgan fingerprint density at radius 1 is 1.40 bits per heavy atom. The third-order valence-corrected chi connectivity index (χ3v) is 5.53. The summed E-state index contributed by atoms with van der Waals surface area (Å²) in [6, 6.07) is 4.16. The molecule has 3 aromatic heterocycles. The molecule has 1 aliphatic rings. The molecular formula is C17H20N6OS. The molecule has 0 unspecified atom stereocenters. The molecule has 0 saturated carbocycles. The number of aromatic nitrogens is 4. The lowest BCUT2D eigenvalue weighted by atomic mass is 10.1. The van der Waals surface area contributed by atoms with E-state index in [0.29, 0.717) is 5.69 Å². The Kier molecular flexibility index (Phi) is 4.12. The fraction of sp³-hybridized carbons (Fsp3) is 0.412. The van der Waals surface area contributed by atoms with Gasteiger partial charge in [0.05, 0.1) is 11.4 Å². The predicted molar refractivity (Wildman–Crippen MR) is 98.3 cm³/mol. The van der Waals surface area contributed by atoms with Crippen LogP contribution in [0.4, 0.5) is 5.82 Å². The van der Waals surface area contributed by atoms with Crippen molar-refractivity contribution in [3.05, 3.63) is 35.2 Å². The van der Waals surface area contributed by atoms with E-state index in [1.165, 1.54) is 4.88 Å². The molecule has 4 heterocycles. The molecule has 7 nitrogen and oxygen atoms in total. The molecule has 4 rings (SSSR count). The van der Waals surface area contributed by atoms with E-state index >= 15 is 0 Å². The third kappa shape index (κ3) is 2.97. The maximum Gasteiger partial charge on any atom is 0.271 e. The van der Waals surface area contributed by atoms with E-state index in [-0.39, 0.29) is 11.9 Å². The van der Waals surface area contributed by atoms with Gasteiger partial charge in [0, 0.05) is 31.2 Å². The van der Waals surface area contributed by atoms with Crippen molar-refractivity contribution in [3.8, 4) is 0 Å². The minimum atomic E-state index is -0.155. The Balaban J connectivity index is 1.60. The lowest BCUT2D eigenvalue weighted by Gasteiger charge is -2.33. The van der Waals surface area contributed by atoms with Gasteiger partial charge in [-0.05, 0) is 31.9 Å². The number of hydrogen-bond donors (Lipinski definition) is 1. The first-order valence-electron chi connectivity index (χ1n) is 8.39. The van der Waals surface area contributed by atoms with E-state index in [9.17, 15) is 4.79 Å². The highest BCUT2D eigenvalue weighted by Crippen LogP contribution is 2.32. The van der Waals surface area contributed by atoms with Crippen LogP contribution in [-0.2, 0) is 0 Å². The smallest absolute Gasteiger partial charge is 0.271 e. The van der Waals surface area contributed by atoms with E-state index in [1.54, 1.807) is 30.8 Å². The summed E-state index contributed by atoms with van der Waals surface area (Å²) in [5.41, 5.74) is 0.456. The molecule has 0 radical (unpaired) electrons. The molecule has 1 atom stereocenters. The van der Waals surface area contributed by atoms with Gasteiger partial charge in [-0.25, -0.2) is 9.97 Å². The van der Waals surface area contributed by atoms with Crippen molar-refractivity contribution < 1.29 is 4.79 Å². The second-order valence-electron chi connectivity index (χ2n) is 6.28. The van der Waals surface area contributed by atoms with E-state index in [1.807, 2.05) is 10.9 Å². The van der Waals surface area contributed by atoms with Crippen molar-refractivity contribution in [3.63, 3.8) is 0 Å². The number of aryl methyl sites for hydroxylation is 1. The Bertz CT molecular complexity index is 917. The second-order valence-corrected chi connectivity index (χ2v) is 7.51. The van der Waals surface area contributed by atoms with Gasteiger partial charge >= 0.3 is 0 Å². The van der Waals surface area contributed by atoms with Crippen LogP contribution in [0.3, 0.4) is 0 Å². The summed E-state index contributed by atoms with van der Waals surface area (Å²) in [5.74, 6) is 0.843. The van der Waals surface area contributed by atoms with Crippen molar-refractivity contribution in [1.82, 2.24) is 25.1 Å². The number of fused-ring (bicyclic) bond motifs is 1. The van der Waals surface area contributed by atoms with Gasteiger partial charge < -0.3 is 10.2 Å². The van der Waals surface area contributed by atoms with Crippen LogP contribution < -0.4 is 10.2 Å². The van der Waals surface area contributed by atoms with Crippen LogP contribution >= 0.6 is 11.3 Å². The van der Waals surface area contributed by atoms with Gasteiger partial charge in [0.2, 0.25) is 0 Å². The first kappa shape index (κ1) is 16.0. The molecule has 1 aliphatic heterocycles. The molecule has 8 heteroatoms. The maximum absolute atomic E-state index is 11.7. The summed E-state index contributed by atoms with van der Waals surface area (Å²) in [6.07, 6.45) is 5.65. The van der Waals surface area contributed by atoms with Gasteiger partial charge in [0.1, 0.15) is 22.7 Å². The number of piperidine rings is 1. The quantitative estimate of drug-likeness (QED) is 0.780. The van der Waals surface area contributed by atoms with Crippen molar-refractivity contribution >= 4 is 33.3 Å². The number of rotatable bonds is 3. The summed E-state index contributed by atoms with van der Waals surface area (Å²) < 4.78 is 1.91. The number of nitrogens with one attached hydrogen (secondary N) is 1. The molecular weight excluding hydrogens is 336 g/mol. The molecule has 1 N–H and O–H groups in total. The summed E-state index contributed by atoms with van der Waals surface area (Å²) in [5, 5.41) is 8.18. The number of hydrogen-bond acceptors (Lipinski definition) is 6. The van der Waals surface area contributed by atoms with Gasteiger partial charge in [0.25, 0.3) is 5.91 Å². The zero-order valence-electron chi connectivity index (χ0n) is 14.3. The number of amides is 1. The van der Waals surface area contributed by atoms with Crippen molar-refractivity contribution in [2.75, 3.05) is 25.0 Å². The molecule has 1 saturated heterocycles. The first-order valence-corrected chi connectivity index (χ1v) is 9.20. The molecule has 0 aromatic carbocycles. The van der Waals surface area contributed by atoms with Crippen molar-refractivity contribution in [2.45, 2.75) is 25.8 Å². The lowest BCUT2D eigenvalue weighted by molar-refractivity contribution is 0.0957. The van der Waals surface area contributed by atoms with Crippen LogP contribution in [-0.4, -0.2) is 45.8 Å². The summed E-state index contributed by atoms with van der Waals surface area (Å²) in [7, 11) is 1.62. The number of carbonyl (C=O) groups is 1. The zero-order chi connectivity index (χ0) is 17.4. The minimum Gasteiger partial charge on any atom is -0.354 e. The highest BCUT2D eigenvalue weighted by atomic mass is 32.1. The highest BCUT2D eigenvalue weighted by Gasteiger charge is 2.25. The molecule has 0 bridgehead atoms. The number of anilines is 1. The minimum absolute atomic E-state index is 0.155. The summed E-state index contributed by atoms with van der Waals surface area (Å²) >= 11 is 1.70. The van der Waals surface area contributed by atoms with Crippen molar-refractivity contribution in [2.24, 2.45) is 0 Å². The Morgan fingerprint density at radius 3 is 3.12 bits per heavy atom. The second kappa shape index (κ2) is 6.44. The average molecular weight is 356 g/mol. The number of nitrogens with zero attached hydrogens (tertiary/aromatic N) is 5. The zero-order valence-corrected chi connectivity index (χ0v) is 15.1.